The number of hydrogen-bond acceptors (Lipinski definition) is 6. The Kier molecular flexibility index (Phi) is 14.2. The van der Waals surface area contributed by atoms with E-state index in [0.717, 1.165) is 17.9 Å². The summed E-state index contributed by atoms with van der Waals surface area (Å²) >= 11 is 0. The summed E-state index contributed by atoms with van der Waals surface area (Å²) in [6.45, 7) is 13.1. The van der Waals surface area contributed by atoms with Crippen LogP contribution in [0.15, 0.2) is 0 Å². The van der Waals surface area contributed by atoms with Gasteiger partial charge in [-0.1, -0.05) is 35.4 Å². The smallest absolute Gasteiger partial charge is 0.259 e. The zero-order valence-corrected chi connectivity index (χ0v) is 17.3. The molecule has 1 rings (SSSR count). The first kappa shape index (κ1) is 22.5. The first-order valence-corrected chi connectivity index (χ1v) is 11.7. The molecule has 0 aromatic rings. The molecule has 1 aliphatic rings. The molecule has 0 aromatic heterocycles. The molecule has 22 heavy (non-hydrogen) atoms. The monoisotopic (exact) mass is 366 g/mol. The van der Waals surface area contributed by atoms with Crippen LogP contribution in [0.1, 0.15) is 54.4 Å². The molecule has 0 aliphatic carbocycles. The van der Waals surface area contributed by atoms with E-state index in [0.29, 0.717) is 25.1 Å². The molecule has 2 unspecified atom stereocenters. The van der Waals surface area contributed by atoms with E-state index in [9.17, 15) is 0 Å². The molecule has 1 aliphatic heterocycles. The van der Waals surface area contributed by atoms with Gasteiger partial charge in [0.05, 0.1) is 25.2 Å². The van der Waals surface area contributed by atoms with Gasteiger partial charge in [0.25, 0.3) is 8.53 Å². The Morgan fingerprint density at radius 1 is 1.23 bits per heavy atom. The summed E-state index contributed by atoms with van der Waals surface area (Å²) in [5, 5.41) is 8.67. The lowest BCUT2D eigenvalue weighted by Gasteiger charge is -2.37. The van der Waals surface area contributed by atoms with Crippen LogP contribution >= 0.6 is 30.1 Å². The maximum Gasteiger partial charge on any atom is 0.259 e. The van der Waals surface area contributed by atoms with E-state index in [4.69, 9.17) is 14.3 Å². The van der Waals surface area contributed by atoms with Crippen molar-refractivity contribution >= 4 is 30.1 Å². The van der Waals surface area contributed by atoms with Gasteiger partial charge in [-0.3, -0.25) is 0 Å². The fourth-order valence-corrected chi connectivity index (χ4v) is 6.14. The van der Waals surface area contributed by atoms with E-state index in [1.54, 1.807) is 0 Å². The van der Waals surface area contributed by atoms with Gasteiger partial charge in [-0.2, -0.15) is 5.26 Å². The van der Waals surface area contributed by atoms with Crippen molar-refractivity contribution in [3.05, 3.63) is 0 Å². The molecule has 1 saturated heterocycles. The van der Waals surface area contributed by atoms with Gasteiger partial charge in [0.1, 0.15) is 0 Å². The Morgan fingerprint density at radius 2 is 1.86 bits per heavy atom. The van der Waals surface area contributed by atoms with Crippen molar-refractivity contribution in [2.45, 2.75) is 72.6 Å². The second-order valence-corrected chi connectivity index (χ2v) is 9.20. The molecule has 0 amide bonds. The van der Waals surface area contributed by atoms with Gasteiger partial charge >= 0.3 is 0 Å². The van der Waals surface area contributed by atoms with E-state index in [2.05, 4.69) is 38.4 Å². The third-order valence-corrected chi connectivity index (χ3v) is 7.43. The Morgan fingerprint density at radius 3 is 2.32 bits per heavy atom. The van der Waals surface area contributed by atoms with E-state index in [1.807, 2.05) is 35.4 Å². The summed E-state index contributed by atoms with van der Waals surface area (Å²) in [6.07, 6.45) is 1.78. The largest absolute Gasteiger partial charge is 0.321 e. The minimum atomic E-state index is -1.08. The van der Waals surface area contributed by atoms with Gasteiger partial charge in [-0.15, -0.1) is 0 Å². The van der Waals surface area contributed by atoms with Crippen LogP contribution in [0.5, 0.6) is 0 Å². The molecule has 0 bridgehead atoms. The van der Waals surface area contributed by atoms with Gasteiger partial charge in [-0.05, 0) is 34.1 Å². The summed E-state index contributed by atoms with van der Waals surface area (Å²) in [5.74, 6) is 2.16. The molecule has 0 saturated carbocycles. The maximum absolute atomic E-state index is 8.67. The molecule has 7 heteroatoms. The predicted octanol–water partition coefficient (Wildman–Crippen LogP) is 5.46. The Balaban J connectivity index is 0.00000211. The number of rotatable bonds is 8. The van der Waals surface area contributed by atoms with Gasteiger partial charge in [-0.25, -0.2) is 4.67 Å². The van der Waals surface area contributed by atoms with Gasteiger partial charge in [0, 0.05) is 23.6 Å². The van der Waals surface area contributed by atoms with Crippen LogP contribution in [0, 0.1) is 11.3 Å². The van der Waals surface area contributed by atoms with Crippen molar-refractivity contribution in [2.75, 3.05) is 18.1 Å². The van der Waals surface area contributed by atoms with Crippen molar-refractivity contribution < 1.29 is 9.05 Å². The second-order valence-electron chi connectivity index (χ2n) is 5.17. The summed E-state index contributed by atoms with van der Waals surface area (Å²) in [5.41, 5.74) is 0. The zero-order chi connectivity index (χ0) is 17.0. The minimum absolute atomic E-state index is 0.273. The highest BCUT2D eigenvalue weighted by molar-refractivity contribution is 8.76. The minimum Gasteiger partial charge on any atom is -0.321 e. The van der Waals surface area contributed by atoms with Gasteiger partial charge in [0.2, 0.25) is 0 Å². The van der Waals surface area contributed by atoms with Crippen molar-refractivity contribution in [1.82, 2.24) is 4.67 Å². The predicted molar refractivity (Wildman–Crippen MR) is 101 cm³/mol. The SMILES string of the molecule is CC.CC(C)N(C(C)C)P(OCCC#N)OC1CCSSC1. The standard InChI is InChI=1S/C13H25N2O2PS2.C2H6/c1-11(2)15(12(3)4)18(16-8-5-7-14)17-13-6-9-19-20-10-13;1-2/h11-13H,5-6,8-10H2,1-4H3;1-2H3. The summed E-state index contributed by atoms with van der Waals surface area (Å²) in [7, 11) is 2.71. The molecular weight excluding hydrogens is 335 g/mol. The molecule has 0 N–H and O–H groups in total. The summed E-state index contributed by atoms with van der Waals surface area (Å²) in [4.78, 5) is 0. The Bertz CT molecular complexity index is 300. The summed E-state index contributed by atoms with van der Waals surface area (Å²) in [6, 6.07) is 2.87. The second kappa shape index (κ2) is 13.9. The molecule has 0 aromatic carbocycles. The van der Waals surface area contributed by atoms with E-state index < -0.39 is 8.53 Å². The van der Waals surface area contributed by atoms with Crippen LogP contribution < -0.4 is 0 Å². The number of hydrogen-bond donors (Lipinski definition) is 0. The van der Waals surface area contributed by atoms with E-state index in [-0.39, 0.29) is 6.10 Å². The normalized spacial score (nSPS) is 19.7. The van der Waals surface area contributed by atoms with Crippen LogP contribution in [-0.4, -0.2) is 41.0 Å². The molecule has 0 radical (unpaired) electrons. The molecule has 4 nitrogen and oxygen atoms in total. The Labute approximate surface area is 146 Å². The Hall–Kier alpha value is 0.500. The van der Waals surface area contributed by atoms with E-state index >= 15 is 0 Å². The van der Waals surface area contributed by atoms with Crippen LogP contribution in [0.3, 0.4) is 0 Å². The highest BCUT2D eigenvalue weighted by Crippen LogP contribution is 2.49. The third-order valence-electron chi connectivity index (χ3n) is 2.76. The van der Waals surface area contributed by atoms with Crippen LogP contribution in [0.25, 0.3) is 0 Å². The van der Waals surface area contributed by atoms with Crippen molar-refractivity contribution in [2.24, 2.45) is 0 Å². The topological polar surface area (TPSA) is 45.5 Å². The van der Waals surface area contributed by atoms with Crippen LogP contribution in [0.2, 0.25) is 0 Å². The molecule has 1 heterocycles. The maximum atomic E-state index is 8.67. The number of nitriles is 1. The third kappa shape index (κ3) is 8.96. The molecule has 130 valence electrons. The van der Waals surface area contributed by atoms with Gasteiger partial charge in [0.15, 0.2) is 0 Å². The van der Waals surface area contributed by atoms with Gasteiger partial charge < -0.3 is 9.05 Å². The fraction of sp³-hybridized carbons (Fsp3) is 0.933. The van der Waals surface area contributed by atoms with Crippen molar-refractivity contribution in [3.8, 4) is 6.07 Å². The summed E-state index contributed by atoms with van der Waals surface area (Å²) < 4.78 is 14.4. The average Bonchev–Trinajstić information content (AvgIpc) is 2.49. The van der Waals surface area contributed by atoms with Crippen molar-refractivity contribution in [3.63, 3.8) is 0 Å². The molecule has 1 fully saturated rings. The average molecular weight is 367 g/mol. The van der Waals surface area contributed by atoms with Crippen LogP contribution in [0.4, 0.5) is 0 Å². The lowest BCUT2D eigenvalue weighted by Crippen LogP contribution is -2.35. The fourth-order valence-electron chi connectivity index (χ4n) is 1.95. The first-order valence-electron chi connectivity index (χ1n) is 8.05. The molecular formula is C15H31N2O2PS2. The lowest BCUT2D eigenvalue weighted by atomic mass is 10.3. The first-order chi connectivity index (χ1) is 10.6. The van der Waals surface area contributed by atoms with Crippen LogP contribution in [-0.2, 0) is 9.05 Å². The van der Waals surface area contributed by atoms with E-state index in [1.165, 1.54) is 0 Å². The highest BCUT2D eigenvalue weighted by Gasteiger charge is 2.30. The quantitative estimate of drug-likeness (QED) is 0.323. The zero-order valence-electron chi connectivity index (χ0n) is 14.7. The lowest BCUT2D eigenvalue weighted by molar-refractivity contribution is 0.141. The van der Waals surface area contributed by atoms with Crippen molar-refractivity contribution in [1.29, 1.82) is 5.26 Å². The number of nitrogens with zero attached hydrogens (tertiary/aromatic N) is 2. The molecule has 2 atom stereocenters. The molecule has 0 spiro atoms. The highest BCUT2D eigenvalue weighted by atomic mass is 33.1.